The summed E-state index contributed by atoms with van der Waals surface area (Å²) < 4.78 is 1.27. The van der Waals surface area contributed by atoms with Crippen LogP contribution in [0, 0.1) is 0 Å². The number of fused-ring (bicyclic) bond motifs is 1. The van der Waals surface area contributed by atoms with Crippen LogP contribution in [0.25, 0.3) is 10.9 Å². The summed E-state index contributed by atoms with van der Waals surface area (Å²) in [6.07, 6.45) is 0.679. The van der Waals surface area contributed by atoms with Crippen molar-refractivity contribution < 1.29 is 14.4 Å². The van der Waals surface area contributed by atoms with E-state index in [4.69, 9.17) is 23.2 Å². The summed E-state index contributed by atoms with van der Waals surface area (Å²) in [6.45, 7) is 3.69. The highest BCUT2D eigenvalue weighted by molar-refractivity contribution is 6.38. The SMILES string of the molecule is CC[C@@H](C)NC(=O)C(=O)Nn1c(C(=O)Nc2ccc(Cl)cc2)cc2cc(Cl)ccc21. The van der Waals surface area contributed by atoms with Crippen LogP contribution in [0.15, 0.2) is 48.5 Å². The van der Waals surface area contributed by atoms with Gasteiger partial charge in [-0.05, 0) is 61.9 Å². The molecule has 0 aliphatic rings. The van der Waals surface area contributed by atoms with E-state index < -0.39 is 17.7 Å². The maximum atomic E-state index is 12.9. The van der Waals surface area contributed by atoms with Crippen molar-refractivity contribution in [2.24, 2.45) is 0 Å². The molecule has 9 heteroatoms. The molecular weight excluding hydrogens is 427 g/mol. The predicted molar refractivity (Wildman–Crippen MR) is 119 cm³/mol. The molecule has 1 heterocycles. The minimum atomic E-state index is -0.886. The Morgan fingerprint density at radius 2 is 1.63 bits per heavy atom. The zero-order valence-electron chi connectivity index (χ0n) is 16.3. The van der Waals surface area contributed by atoms with Crippen molar-refractivity contribution in [1.29, 1.82) is 0 Å². The average Bonchev–Trinajstić information content (AvgIpc) is 3.06. The number of nitrogens with one attached hydrogen (secondary N) is 3. The quantitative estimate of drug-likeness (QED) is 0.513. The van der Waals surface area contributed by atoms with E-state index in [0.717, 1.165) is 0 Å². The second kappa shape index (κ2) is 9.19. The van der Waals surface area contributed by atoms with Gasteiger partial charge in [0.15, 0.2) is 0 Å². The maximum absolute atomic E-state index is 12.9. The molecule has 1 aromatic heterocycles. The summed E-state index contributed by atoms with van der Waals surface area (Å²) in [5, 5.41) is 6.98. The van der Waals surface area contributed by atoms with Gasteiger partial charge in [0.25, 0.3) is 5.91 Å². The second-order valence-electron chi connectivity index (χ2n) is 6.75. The molecule has 3 N–H and O–H groups in total. The van der Waals surface area contributed by atoms with Gasteiger partial charge >= 0.3 is 11.8 Å². The molecule has 0 radical (unpaired) electrons. The molecule has 0 saturated carbocycles. The number of carbonyl (C=O) groups is 3. The third-order valence-corrected chi connectivity index (χ3v) is 4.99. The van der Waals surface area contributed by atoms with Crippen LogP contribution in [0.4, 0.5) is 5.69 Å². The monoisotopic (exact) mass is 446 g/mol. The van der Waals surface area contributed by atoms with Gasteiger partial charge < -0.3 is 10.6 Å². The van der Waals surface area contributed by atoms with Gasteiger partial charge in [0, 0.05) is 27.2 Å². The van der Waals surface area contributed by atoms with E-state index in [1.54, 1.807) is 55.5 Å². The van der Waals surface area contributed by atoms with Crippen LogP contribution >= 0.6 is 23.2 Å². The number of aromatic nitrogens is 1. The Morgan fingerprint density at radius 1 is 0.967 bits per heavy atom. The molecule has 3 amide bonds. The summed E-state index contributed by atoms with van der Waals surface area (Å²) in [5.41, 5.74) is 3.68. The van der Waals surface area contributed by atoms with E-state index in [9.17, 15) is 14.4 Å². The molecule has 0 fully saturated rings. The second-order valence-corrected chi connectivity index (χ2v) is 7.63. The third-order valence-electron chi connectivity index (χ3n) is 4.51. The predicted octanol–water partition coefficient (Wildman–Crippen LogP) is 4.19. The van der Waals surface area contributed by atoms with Gasteiger partial charge in [0.2, 0.25) is 0 Å². The zero-order chi connectivity index (χ0) is 21.8. The fourth-order valence-electron chi connectivity index (χ4n) is 2.75. The fraction of sp³-hybridized carbons (Fsp3) is 0.190. The highest BCUT2D eigenvalue weighted by Gasteiger charge is 2.21. The average molecular weight is 447 g/mol. The fourth-order valence-corrected chi connectivity index (χ4v) is 3.05. The van der Waals surface area contributed by atoms with E-state index in [-0.39, 0.29) is 11.7 Å². The smallest absolute Gasteiger partial charge is 0.328 e. The summed E-state index contributed by atoms with van der Waals surface area (Å²) in [7, 11) is 0. The number of nitrogens with zero attached hydrogens (tertiary/aromatic N) is 1. The van der Waals surface area contributed by atoms with Crippen molar-refractivity contribution in [3.05, 3.63) is 64.3 Å². The summed E-state index contributed by atoms with van der Waals surface area (Å²) in [4.78, 5) is 37.5. The number of carbonyl (C=O) groups excluding carboxylic acids is 3. The lowest BCUT2D eigenvalue weighted by Crippen LogP contribution is -2.43. The number of anilines is 1. The lowest BCUT2D eigenvalue weighted by atomic mass is 10.2. The van der Waals surface area contributed by atoms with E-state index in [2.05, 4.69) is 16.1 Å². The molecule has 3 aromatic rings. The molecule has 156 valence electrons. The van der Waals surface area contributed by atoms with Crippen LogP contribution in [-0.2, 0) is 9.59 Å². The number of hydrogen-bond donors (Lipinski definition) is 3. The van der Waals surface area contributed by atoms with Crippen molar-refractivity contribution in [2.75, 3.05) is 10.7 Å². The molecule has 0 aliphatic heterocycles. The number of amides is 3. The molecule has 3 rings (SSSR count). The van der Waals surface area contributed by atoms with Gasteiger partial charge in [-0.25, -0.2) is 4.68 Å². The van der Waals surface area contributed by atoms with E-state index in [0.29, 0.717) is 33.1 Å². The van der Waals surface area contributed by atoms with Crippen LogP contribution in [0.1, 0.15) is 30.8 Å². The minimum absolute atomic E-state index is 0.131. The molecule has 1 atom stereocenters. The first kappa shape index (κ1) is 21.7. The van der Waals surface area contributed by atoms with Crippen molar-refractivity contribution in [3.63, 3.8) is 0 Å². The maximum Gasteiger partial charge on any atom is 0.328 e. The highest BCUT2D eigenvalue weighted by Crippen LogP contribution is 2.24. The Labute approximate surface area is 183 Å². The van der Waals surface area contributed by atoms with Crippen LogP contribution in [0.3, 0.4) is 0 Å². The molecular formula is C21H20Cl2N4O3. The normalized spacial score (nSPS) is 11.7. The van der Waals surface area contributed by atoms with Gasteiger partial charge in [-0.15, -0.1) is 0 Å². The first-order valence-electron chi connectivity index (χ1n) is 9.28. The molecule has 0 saturated heterocycles. The third kappa shape index (κ3) is 4.93. The van der Waals surface area contributed by atoms with E-state index in [1.165, 1.54) is 4.68 Å². The summed E-state index contributed by atoms with van der Waals surface area (Å²) >= 11 is 11.9. The molecule has 0 bridgehead atoms. The lowest BCUT2D eigenvalue weighted by molar-refractivity contribution is -0.137. The molecule has 2 aromatic carbocycles. The Kier molecular flexibility index (Phi) is 6.64. The molecule has 0 spiro atoms. The van der Waals surface area contributed by atoms with Crippen molar-refractivity contribution in [2.45, 2.75) is 26.3 Å². The van der Waals surface area contributed by atoms with Gasteiger partial charge in [-0.1, -0.05) is 30.1 Å². The summed E-state index contributed by atoms with van der Waals surface area (Å²) in [5.74, 6) is -2.15. The standard InChI is InChI=1S/C21H20Cl2N4O3/c1-3-12(2)24-20(29)21(30)26-27-17-9-6-15(23)10-13(17)11-18(27)19(28)25-16-7-4-14(22)5-8-16/h4-12H,3H2,1-2H3,(H,24,29)(H,25,28)(H,26,30)/t12-/m1/s1. The Morgan fingerprint density at radius 3 is 2.30 bits per heavy atom. The molecule has 7 nitrogen and oxygen atoms in total. The Bertz CT molecular complexity index is 1110. The number of hydrogen-bond acceptors (Lipinski definition) is 3. The van der Waals surface area contributed by atoms with Crippen LogP contribution < -0.4 is 16.1 Å². The van der Waals surface area contributed by atoms with Gasteiger partial charge in [0.1, 0.15) is 5.69 Å². The molecule has 0 aliphatic carbocycles. The van der Waals surface area contributed by atoms with Crippen molar-refractivity contribution in [1.82, 2.24) is 9.99 Å². The summed E-state index contributed by atoms with van der Waals surface area (Å²) in [6, 6.07) is 13.0. The first-order valence-corrected chi connectivity index (χ1v) is 10.0. The lowest BCUT2D eigenvalue weighted by Gasteiger charge is -2.14. The largest absolute Gasteiger partial charge is 0.345 e. The van der Waals surface area contributed by atoms with E-state index >= 15 is 0 Å². The number of rotatable bonds is 5. The minimum Gasteiger partial charge on any atom is -0.345 e. The van der Waals surface area contributed by atoms with E-state index in [1.807, 2.05) is 6.92 Å². The van der Waals surface area contributed by atoms with Crippen molar-refractivity contribution in [3.8, 4) is 0 Å². The van der Waals surface area contributed by atoms with Crippen LogP contribution in [-0.4, -0.2) is 28.4 Å². The number of benzene rings is 2. The first-order chi connectivity index (χ1) is 14.3. The Hall–Kier alpha value is -3.03. The van der Waals surface area contributed by atoms with Gasteiger partial charge in [-0.3, -0.25) is 19.8 Å². The van der Waals surface area contributed by atoms with Crippen LogP contribution in [0.5, 0.6) is 0 Å². The molecule has 0 unspecified atom stereocenters. The van der Waals surface area contributed by atoms with Gasteiger partial charge in [-0.2, -0.15) is 0 Å². The van der Waals surface area contributed by atoms with Gasteiger partial charge in [0.05, 0.1) is 5.52 Å². The topological polar surface area (TPSA) is 92.2 Å². The van der Waals surface area contributed by atoms with Crippen LogP contribution in [0.2, 0.25) is 10.0 Å². The molecule has 30 heavy (non-hydrogen) atoms. The Balaban J connectivity index is 1.93. The number of halogens is 2. The van der Waals surface area contributed by atoms with Crippen molar-refractivity contribution >= 4 is 57.5 Å². The highest BCUT2D eigenvalue weighted by atomic mass is 35.5. The zero-order valence-corrected chi connectivity index (χ0v) is 17.8.